The molecule has 0 saturated heterocycles. The van der Waals surface area contributed by atoms with Crippen LogP contribution >= 0.6 is 24.4 Å². The molecule has 0 amide bonds. The second-order valence-corrected chi connectivity index (χ2v) is 2.43. The van der Waals surface area contributed by atoms with E-state index >= 15 is 0 Å². The number of carbonyl (C=O) groups excluding carboxylic acids is 2. The van der Waals surface area contributed by atoms with E-state index in [0.717, 1.165) is 0 Å². The van der Waals surface area contributed by atoms with Crippen molar-refractivity contribution in [1.82, 2.24) is 0 Å². The molecule has 0 spiro atoms. The quantitative estimate of drug-likeness (QED) is 0.466. The summed E-state index contributed by atoms with van der Waals surface area (Å²) in [4.78, 5) is 20.3. The van der Waals surface area contributed by atoms with Crippen LogP contribution in [-0.2, 0) is 9.59 Å². The first-order valence-corrected chi connectivity index (χ1v) is 3.77. The minimum atomic E-state index is -0.653. The van der Waals surface area contributed by atoms with Gasteiger partial charge in [0.2, 0.25) is 5.78 Å². The number of ketones is 1. The lowest BCUT2D eigenvalue weighted by Crippen LogP contribution is -2.08. The van der Waals surface area contributed by atoms with E-state index in [2.05, 4.69) is 12.6 Å². The van der Waals surface area contributed by atoms with Crippen molar-refractivity contribution < 1.29 is 9.59 Å². The smallest absolute Gasteiger partial charge is 0.252 e. The van der Waals surface area contributed by atoms with Crippen LogP contribution in [0.1, 0.15) is 0 Å². The fourth-order valence-electron chi connectivity index (χ4n) is 0.193. The minimum absolute atomic E-state index is 0.238. The Kier molecular flexibility index (Phi) is 3.99. The third-order valence-corrected chi connectivity index (χ3v) is 1.31. The van der Waals surface area contributed by atoms with E-state index in [9.17, 15) is 9.59 Å². The van der Waals surface area contributed by atoms with Gasteiger partial charge in [-0.25, -0.2) is 0 Å². The second-order valence-electron chi connectivity index (χ2n) is 1.16. The molecule has 0 radical (unpaired) electrons. The lowest BCUT2D eigenvalue weighted by atomic mass is 10.5. The predicted molar refractivity (Wildman–Crippen MR) is 37.4 cm³/mol. The van der Waals surface area contributed by atoms with Gasteiger partial charge in [-0.05, 0) is 6.26 Å². The number of hydrogen-bond acceptors (Lipinski definition) is 3. The Morgan fingerprint density at radius 2 is 2.12 bits per heavy atom. The van der Waals surface area contributed by atoms with Crippen LogP contribution < -0.4 is 0 Å². The molecule has 8 heavy (non-hydrogen) atoms. The van der Waals surface area contributed by atoms with E-state index in [-0.39, 0.29) is 5.75 Å². The normalized spacial score (nSPS) is 8.75. The fourth-order valence-corrected chi connectivity index (χ4v) is 0.772. The van der Waals surface area contributed by atoms with Gasteiger partial charge in [-0.1, -0.05) is 12.6 Å². The number of Topliss-reactive ketones (excluding diaryl/α,β-unsaturated/α-hetero) is 1. The molecular formula is C4H6O2S2. The van der Waals surface area contributed by atoms with Crippen molar-refractivity contribution in [1.29, 1.82) is 0 Å². The summed E-state index contributed by atoms with van der Waals surface area (Å²) in [5, 5.41) is -0.653. The van der Waals surface area contributed by atoms with Crippen LogP contribution in [0, 0.1) is 0 Å². The van der Waals surface area contributed by atoms with E-state index in [4.69, 9.17) is 0 Å². The number of thiol groups is 1. The Hall–Kier alpha value is 0.0400. The molecule has 4 heteroatoms. The van der Waals surface area contributed by atoms with Crippen LogP contribution in [-0.4, -0.2) is 22.9 Å². The number of hydrogen-bond donors (Lipinski definition) is 1. The Balaban J connectivity index is 3.49. The molecule has 0 aromatic rings. The second kappa shape index (κ2) is 3.97. The standard InChI is InChI=1S/C4H6O2S2/c1-8-2-3(5)4(6)7/h2H2,1H3,(H,6,7). The molecule has 0 bridgehead atoms. The molecule has 0 aromatic carbocycles. The maximum atomic E-state index is 10.3. The third kappa shape index (κ3) is 3.10. The third-order valence-electron chi connectivity index (χ3n) is 0.514. The van der Waals surface area contributed by atoms with Gasteiger partial charge in [-0.15, -0.1) is 0 Å². The lowest BCUT2D eigenvalue weighted by molar-refractivity contribution is -0.129. The van der Waals surface area contributed by atoms with Crippen molar-refractivity contribution in [2.24, 2.45) is 0 Å². The van der Waals surface area contributed by atoms with Crippen LogP contribution in [0.5, 0.6) is 0 Å². The van der Waals surface area contributed by atoms with E-state index < -0.39 is 10.9 Å². The van der Waals surface area contributed by atoms with E-state index in [1.165, 1.54) is 11.8 Å². The molecule has 0 heterocycles. The summed E-state index contributed by atoms with van der Waals surface area (Å²) in [6.45, 7) is 0. The van der Waals surface area contributed by atoms with Gasteiger partial charge in [-0.3, -0.25) is 9.59 Å². The van der Waals surface area contributed by atoms with Crippen molar-refractivity contribution in [3.63, 3.8) is 0 Å². The summed E-state index contributed by atoms with van der Waals surface area (Å²) in [5.41, 5.74) is 0. The molecule has 2 nitrogen and oxygen atoms in total. The zero-order valence-corrected chi connectivity index (χ0v) is 6.09. The topological polar surface area (TPSA) is 34.1 Å². The highest BCUT2D eigenvalue weighted by atomic mass is 32.2. The highest BCUT2D eigenvalue weighted by Crippen LogP contribution is 1.93. The SMILES string of the molecule is CSCC(=O)C(=O)S. The molecule has 0 atom stereocenters. The predicted octanol–water partition coefficient (Wildman–Crippen LogP) is 0.375. The molecule has 0 unspecified atom stereocenters. The Labute approximate surface area is 57.4 Å². The number of rotatable bonds is 3. The van der Waals surface area contributed by atoms with Gasteiger partial charge in [0.1, 0.15) is 0 Å². The van der Waals surface area contributed by atoms with Gasteiger partial charge in [-0.2, -0.15) is 11.8 Å². The van der Waals surface area contributed by atoms with Crippen molar-refractivity contribution >= 4 is 35.3 Å². The number of carbonyl (C=O) groups is 2. The first-order chi connectivity index (χ1) is 3.68. The van der Waals surface area contributed by atoms with Gasteiger partial charge in [0, 0.05) is 0 Å². The van der Waals surface area contributed by atoms with Crippen LogP contribution in [0.4, 0.5) is 0 Å². The zero-order chi connectivity index (χ0) is 6.57. The summed E-state index contributed by atoms with van der Waals surface area (Å²) in [6.07, 6.45) is 1.76. The van der Waals surface area contributed by atoms with Crippen molar-refractivity contribution in [3.05, 3.63) is 0 Å². The van der Waals surface area contributed by atoms with Crippen LogP contribution in [0.15, 0.2) is 0 Å². The Morgan fingerprint density at radius 3 is 2.25 bits per heavy atom. The monoisotopic (exact) mass is 150 g/mol. The average molecular weight is 150 g/mol. The molecular weight excluding hydrogens is 144 g/mol. The molecule has 0 fully saturated rings. The first kappa shape index (κ1) is 8.04. The van der Waals surface area contributed by atoms with Gasteiger partial charge in [0.25, 0.3) is 5.12 Å². The average Bonchev–Trinajstić information content (AvgIpc) is 1.67. The molecule has 0 aliphatic rings. The van der Waals surface area contributed by atoms with Crippen molar-refractivity contribution in [3.8, 4) is 0 Å². The van der Waals surface area contributed by atoms with Crippen LogP contribution in [0.25, 0.3) is 0 Å². The van der Waals surface area contributed by atoms with Gasteiger partial charge in [0.15, 0.2) is 0 Å². The van der Waals surface area contributed by atoms with Gasteiger partial charge < -0.3 is 0 Å². The van der Waals surface area contributed by atoms with E-state index in [0.29, 0.717) is 0 Å². The first-order valence-electron chi connectivity index (χ1n) is 1.93. The molecule has 0 N–H and O–H groups in total. The zero-order valence-electron chi connectivity index (χ0n) is 4.38. The molecule has 0 aromatic heterocycles. The molecule has 46 valence electrons. The summed E-state index contributed by atoms with van der Waals surface area (Å²) >= 11 is 4.64. The molecule has 0 aliphatic heterocycles. The number of thioether (sulfide) groups is 1. The summed E-state index contributed by atoms with van der Waals surface area (Å²) in [6, 6.07) is 0. The fraction of sp³-hybridized carbons (Fsp3) is 0.500. The highest BCUT2D eigenvalue weighted by molar-refractivity contribution is 8.01. The van der Waals surface area contributed by atoms with E-state index in [1.807, 2.05) is 0 Å². The molecule has 0 saturated carbocycles. The maximum absolute atomic E-state index is 10.3. The molecule has 0 aliphatic carbocycles. The van der Waals surface area contributed by atoms with Gasteiger partial charge >= 0.3 is 0 Å². The largest absolute Gasteiger partial charge is 0.289 e. The molecule has 0 rings (SSSR count). The highest BCUT2D eigenvalue weighted by Gasteiger charge is 2.05. The van der Waals surface area contributed by atoms with Gasteiger partial charge in [0.05, 0.1) is 5.75 Å². The van der Waals surface area contributed by atoms with Crippen LogP contribution in [0.3, 0.4) is 0 Å². The Morgan fingerprint density at radius 1 is 1.62 bits per heavy atom. The van der Waals surface area contributed by atoms with Crippen molar-refractivity contribution in [2.45, 2.75) is 0 Å². The summed E-state index contributed by atoms with van der Waals surface area (Å²) in [7, 11) is 0. The summed E-state index contributed by atoms with van der Waals surface area (Å²) < 4.78 is 0. The summed E-state index contributed by atoms with van der Waals surface area (Å²) in [5.74, 6) is -0.191. The van der Waals surface area contributed by atoms with E-state index in [1.54, 1.807) is 6.26 Å². The maximum Gasteiger partial charge on any atom is 0.252 e. The lowest BCUT2D eigenvalue weighted by Gasteiger charge is -1.86. The Bertz CT molecular complexity index is 111. The van der Waals surface area contributed by atoms with Crippen LogP contribution in [0.2, 0.25) is 0 Å². The minimum Gasteiger partial charge on any atom is -0.289 e. The van der Waals surface area contributed by atoms with Crippen molar-refractivity contribution in [2.75, 3.05) is 12.0 Å².